The molecule has 0 saturated carbocycles. The Labute approximate surface area is 89.8 Å². The molecule has 0 spiro atoms. The smallest absolute Gasteiger partial charge is 0.127 e. The molecule has 0 amide bonds. The van der Waals surface area contributed by atoms with E-state index in [9.17, 15) is 0 Å². The van der Waals surface area contributed by atoms with Crippen LogP contribution in [0.5, 0.6) is 11.5 Å². The zero-order valence-electron chi connectivity index (χ0n) is 8.93. The minimum atomic E-state index is 0.345. The molecule has 0 fully saturated rings. The fourth-order valence-corrected chi connectivity index (χ4v) is 1.67. The number of halogens is 1. The standard InChI is InChI=1S/C11H15ClO2/c1-7(2)11-9(13-3)5-8(12)6-10(11)14-4/h5-7H,1-4H3. The summed E-state index contributed by atoms with van der Waals surface area (Å²) < 4.78 is 10.5. The van der Waals surface area contributed by atoms with Crippen LogP contribution >= 0.6 is 11.6 Å². The highest BCUT2D eigenvalue weighted by Crippen LogP contribution is 2.37. The number of hydrogen-bond acceptors (Lipinski definition) is 2. The molecule has 1 aromatic carbocycles. The van der Waals surface area contributed by atoms with Gasteiger partial charge < -0.3 is 9.47 Å². The lowest BCUT2D eigenvalue weighted by Crippen LogP contribution is -1.98. The average Bonchev–Trinajstić information content (AvgIpc) is 2.15. The molecule has 0 unspecified atom stereocenters. The van der Waals surface area contributed by atoms with Crippen molar-refractivity contribution in [3.05, 3.63) is 22.7 Å². The number of rotatable bonds is 3. The summed E-state index contributed by atoms with van der Waals surface area (Å²) in [4.78, 5) is 0. The summed E-state index contributed by atoms with van der Waals surface area (Å²) in [7, 11) is 3.27. The molecule has 0 aliphatic rings. The lowest BCUT2D eigenvalue weighted by molar-refractivity contribution is 0.382. The molecule has 0 atom stereocenters. The van der Waals surface area contributed by atoms with Gasteiger partial charge in [-0.25, -0.2) is 0 Å². The molecular formula is C11H15ClO2. The van der Waals surface area contributed by atoms with Crippen molar-refractivity contribution >= 4 is 11.6 Å². The van der Waals surface area contributed by atoms with Crippen LogP contribution in [0.1, 0.15) is 25.3 Å². The summed E-state index contributed by atoms with van der Waals surface area (Å²) in [5.74, 6) is 1.91. The summed E-state index contributed by atoms with van der Waals surface area (Å²) >= 11 is 5.92. The summed E-state index contributed by atoms with van der Waals surface area (Å²) in [5, 5.41) is 0.628. The Hall–Kier alpha value is -0.890. The second-order valence-corrected chi connectivity index (χ2v) is 3.82. The van der Waals surface area contributed by atoms with E-state index in [0.717, 1.165) is 17.1 Å². The lowest BCUT2D eigenvalue weighted by atomic mass is 10.0. The van der Waals surface area contributed by atoms with Crippen molar-refractivity contribution in [3.8, 4) is 11.5 Å². The molecule has 2 nitrogen and oxygen atoms in total. The second kappa shape index (κ2) is 4.56. The van der Waals surface area contributed by atoms with E-state index in [4.69, 9.17) is 21.1 Å². The summed E-state index contributed by atoms with van der Waals surface area (Å²) in [6.45, 7) is 4.18. The van der Waals surface area contributed by atoms with E-state index in [0.29, 0.717) is 10.9 Å². The van der Waals surface area contributed by atoms with Crippen molar-refractivity contribution in [1.82, 2.24) is 0 Å². The molecule has 0 aromatic heterocycles. The van der Waals surface area contributed by atoms with Gasteiger partial charge in [-0.1, -0.05) is 25.4 Å². The van der Waals surface area contributed by atoms with Gasteiger partial charge in [-0.3, -0.25) is 0 Å². The van der Waals surface area contributed by atoms with E-state index in [-0.39, 0.29) is 0 Å². The maximum atomic E-state index is 5.92. The molecule has 0 saturated heterocycles. The van der Waals surface area contributed by atoms with Crippen LogP contribution in [0.4, 0.5) is 0 Å². The summed E-state index contributed by atoms with van der Waals surface area (Å²) in [5.41, 5.74) is 1.06. The molecule has 0 aliphatic carbocycles. The highest BCUT2D eigenvalue weighted by atomic mass is 35.5. The van der Waals surface area contributed by atoms with Gasteiger partial charge in [0.05, 0.1) is 14.2 Å². The Bertz CT molecular complexity index is 296. The van der Waals surface area contributed by atoms with Crippen LogP contribution in [0.3, 0.4) is 0 Å². The van der Waals surface area contributed by atoms with Gasteiger partial charge in [-0.15, -0.1) is 0 Å². The van der Waals surface area contributed by atoms with Crippen molar-refractivity contribution in [2.45, 2.75) is 19.8 Å². The third-order valence-electron chi connectivity index (χ3n) is 2.09. The van der Waals surface area contributed by atoms with Gasteiger partial charge in [-0.05, 0) is 18.1 Å². The van der Waals surface area contributed by atoms with Gasteiger partial charge in [-0.2, -0.15) is 0 Å². The van der Waals surface area contributed by atoms with Crippen molar-refractivity contribution in [2.24, 2.45) is 0 Å². The first-order chi connectivity index (χ1) is 6.60. The van der Waals surface area contributed by atoms with Crippen LogP contribution in [0, 0.1) is 0 Å². The fraction of sp³-hybridized carbons (Fsp3) is 0.455. The van der Waals surface area contributed by atoms with Crippen molar-refractivity contribution < 1.29 is 9.47 Å². The highest BCUT2D eigenvalue weighted by Gasteiger charge is 2.14. The summed E-state index contributed by atoms with van der Waals surface area (Å²) in [6.07, 6.45) is 0. The first-order valence-corrected chi connectivity index (χ1v) is 4.89. The van der Waals surface area contributed by atoms with E-state index < -0.39 is 0 Å². The van der Waals surface area contributed by atoms with E-state index in [1.165, 1.54) is 0 Å². The molecule has 1 aromatic rings. The molecule has 0 N–H and O–H groups in total. The maximum absolute atomic E-state index is 5.92. The Morgan fingerprint density at radius 1 is 1.07 bits per heavy atom. The molecule has 14 heavy (non-hydrogen) atoms. The van der Waals surface area contributed by atoms with Crippen LogP contribution in [0.15, 0.2) is 12.1 Å². The normalized spacial score (nSPS) is 10.4. The number of benzene rings is 1. The van der Waals surface area contributed by atoms with E-state index in [1.54, 1.807) is 26.4 Å². The lowest BCUT2D eigenvalue weighted by Gasteiger charge is -2.16. The molecule has 3 heteroatoms. The van der Waals surface area contributed by atoms with E-state index in [1.807, 2.05) is 0 Å². The Kier molecular flexibility index (Phi) is 3.64. The van der Waals surface area contributed by atoms with Gasteiger partial charge in [0.15, 0.2) is 0 Å². The Morgan fingerprint density at radius 2 is 1.50 bits per heavy atom. The third-order valence-corrected chi connectivity index (χ3v) is 2.30. The minimum absolute atomic E-state index is 0.345. The highest BCUT2D eigenvalue weighted by molar-refractivity contribution is 6.30. The van der Waals surface area contributed by atoms with E-state index in [2.05, 4.69) is 13.8 Å². The topological polar surface area (TPSA) is 18.5 Å². The van der Waals surface area contributed by atoms with Crippen LogP contribution in [0.2, 0.25) is 5.02 Å². The maximum Gasteiger partial charge on any atom is 0.127 e. The van der Waals surface area contributed by atoms with Gasteiger partial charge in [0.2, 0.25) is 0 Å². The Morgan fingerprint density at radius 3 is 1.79 bits per heavy atom. The average molecular weight is 215 g/mol. The number of hydrogen-bond donors (Lipinski definition) is 0. The van der Waals surface area contributed by atoms with Crippen molar-refractivity contribution in [2.75, 3.05) is 14.2 Å². The SMILES string of the molecule is COc1cc(Cl)cc(OC)c1C(C)C. The van der Waals surface area contributed by atoms with Gasteiger partial charge >= 0.3 is 0 Å². The molecule has 78 valence electrons. The zero-order chi connectivity index (χ0) is 10.7. The molecule has 0 heterocycles. The van der Waals surface area contributed by atoms with Crippen LogP contribution in [-0.2, 0) is 0 Å². The fourth-order valence-electron chi connectivity index (χ4n) is 1.48. The first kappa shape index (κ1) is 11.2. The third kappa shape index (κ3) is 2.13. The number of methoxy groups -OCH3 is 2. The molecule has 0 radical (unpaired) electrons. The summed E-state index contributed by atoms with van der Waals surface area (Å²) in [6, 6.07) is 3.61. The monoisotopic (exact) mass is 214 g/mol. The predicted molar refractivity (Wildman–Crippen MR) is 58.6 cm³/mol. The van der Waals surface area contributed by atoms with Crippen molar-refractivity contribution in [1.29, 1.82) is 0 Å². The quantitative estimate of drug-likeness (QED) is 0.767. The van der Waals surface area contributed by atoms with E-state index >= 15 is 0 Å². The zero-order valence-corrected chi connectivity index (χ0v) is 9.68. The largest absolute Gasteiger partial charge is 0.496 e. The van der Waals surface area contributed by atoms with Gasteiger partial charge in [0.25, 0.3) is 0 Å². The van der Waals surface area contributed by atoms with Crippen LogP contribution in [-0.4, -0.2) is 14.2 Å². The Balaban J connectivity index is 3.33. The molecular weight excluding hydrogens is 200 g/mol. The molecule has 0 aliphatic heterocycles. The minimum Gasteiger partial charge on any atom is -0.496 e. The first-order valence-electron chi connectivity index (χ1n) is 4.51. The second-order valence-electron chi connectivity index (χ2n) is 3.38. The number of ether oxygens (including phenoxy) is 2. The van der Waals surface area contributed by atoms with Gasteiger partial charge in [0.1, 0.15) is 11.5 Å². The van der Waals surface area contributed by atoms with Crippen LogP contribution < -0.4 is 9.47 Å². The van der Waals surface area contributed by atoms with Gasteiger partial charge in [0, 0.05) is 10.6 Å². The molecule has 1 rings (SSSR count). The van der Waals surface area contributed by atoms with Crippen LogP contribution in [0.25, 0.3) is 0 Å². The van der Waals surface area contributed by atoms with Crippen molar-refractivity contribution in [3.63, 3.8) is 0 Å². The predicted octanol–water partition coefficient (Wildman–Crippen LogP) is 3.48. The molecule has 0 bridgehead atoms.